The van der Waals surface area contributed by atoms with Gasteiger partial charge in [0, 0.05) is 11.3 Å². The highest BCUT2D eigenvalue weighted by atomic mass is 16.5. The van der Waals surface area contributed by atoms with Crippen LogP contribution >= 0.6 is 0 Å². The van der Waals surface area contributed by atoms with Gasteiger partial charge in [-0.15, -0.1) is 0 Å². The number of rotatable bonds is 3. The first kappa shape index (κ1) is 10.2. The number of benzene rings is 1. The third-order valence-corrected chi connectivity index (χ3v) is 1.82. The van der Waals surface area contributed by atoms with Crippen LogP contribution in [0.25, 0.3) is 6.08 Å². The van der Waals surface area contributed by atoms with Crippen LogP contribution in [0.2, 0.25) is 0 Å². The summed E-state index contributed by atoms with van der Waals surface area (Å²) in [6.45, 7) is 2.41. The molecular formula is C10H14N2O2. The van der Waals surface area contributed by atoms with Gasteiger partial charge in [-0.1, -0.05) is 0 Å². The molecular weight excluding hydrogens is 180 g/mol. The molecule has 1 aromatic carbocycles. The highest BCUT2D eigenvalue weighted by molar-refractivity contribution is 5.79. The maximum Gasteiger partial charge on any atom is 0.142 e. The Kier molecular flexibility index (Phi) is 3.23. The molecule has 0 amide bonds. The first-order chi connectivity index (χ1) is 6.70. The minimum absolute atomic E-state index is 0.442. The summed E-state index contributed by atoms with van der Waals surface area (Å²) >= 11 is 0. The lowest BCUT2D eigenvalue weighted by Gasteiger charge is -2.10. The number of hydrogen-bond donors (Lipinski definition) is 3. The van der Waals surface area contributed by atoms with Crippen LogP contribution in [-0.2, 0) is 0 Å². The summed E-state index contributed by atoms with van der Waals surface area (Å²) in [5, 5.41) is 8.66. The number of aliphatic hydroxyl groups excluding tert-OH is 1. The fourth-order valence-electron chi connectivity index (χ4n) is 1.18. The van der Waals surface area contributed by atoms with Crippen molar-refractivity contribution in [3.05, 3.63) is 24.0 Å². The molecule has 1 aromatic rings. The molecule has 5 N–H and O–H groups in total. The predicted octanol–water partition coefficient (Wildman–Crippen LogP) is 1.78. The molecule has 14 heavy (non-hydrogen) atoms. The molecule has 0 radical (unpaired) electrons. The monoisotopic (exact) mass is 194 g/mol. The molecule has 0 heterocycles. The number of nitrogens with two attached hydrogens (primary N) is 2. The Hall–Kier alpha value is -1.84. The van der Waals surface area contributed by atoms with Crippen molar-refractivity contribution in [1.29, 1.82) is 0 Å². The minimum atomic E-state index is 0.442. The Bertz CT molecular complexity index is 348. The Morgan fingerprint density at radius 1 is 1.43 bits per heavy atom. The molecule has 4 nitrogen and oxygen atoms in total. The van der Waals surface area contributed by atoms with E-state index in [1.165, 1.54) is 6.08 Å². The second-order valence-corrected chi connectivity index (χ2v) is 2.73. The van der Waals surface area contributed by atoms with E-state index in [1.807, 2.05) is 6.92 Å². The average Bonchev–Trinajstić information content (AvgIpc) is 2.17. The smallest absolute Gasteiger partial charge is 0.142 e. The van der Waals surface area contributed by atoms with Gasteiger partial charge in [0.25, 0.3) is 0 Å². The molecule has 1 rings (SSSR count). The maximum atomic E-state index is 8.66. The molecule has 0 aromatic heterocycles. The van der Waals surface area contributed by atoms with E-state index in [2.05, 4.69) is 0 Å². The topological polar surface area (TPSA) is 81.5 Å². The molecule has 0 saturated heterocycles. The summed E-state index contributed by atoms with van der Waals surface area (Å²) in [5.74, 6) is 0.579. The first-order valence-corrected chi connectivity index (χ1v) is 4.32. The van der Waals surface area contributed by atoms with Crippen LogP contribution in [0.3, 0.4) is 0 Å². The van der Waals surface area contributed by atoms with Crippen molar-refractivity contribution in [1.82, 2.24) is 0 Å². The van der Waals surface area contributed by atoms with E-state index < -0.39 is 0 Å². The number of nitrogen functional groups attached to an aromatic ring is 2. The highest BCUT2D eigenvalue weighted by Crippen LogP contribution is 2.30. The largest absolute Gasteiger partial charge is 0.516 e. The Morgan fingerprint density at radius 3 is 2.71 bits per heavy atom. The normalized spacial score (nSPS) is 10.6. The van der Waals surface area contributed by atoms with Crippen molar-refractivity contribution in [2.75, 3.05) is 18.1 Å². The third kappa shape index (κ3) is 1.90. The summed E-state index contributed by atoms with van der Waals surface area (Å²) < 4.78 is 5.28. The standard InChI is InChI=1S/C10H14N2O2/c1-2-14-9-4-3-8(11)7(5-6-13)10(9)12/h3-6,13H,2,11-12H2,1H3. The molecule has 0 unspecified atom stereocenters. The molecule has 0 fully saturated rings. The Labute approximate surface area is 82.8 Å². The minimum Gasteiger partial charge on any atom is -0.516 e. The van der Waals surface area contributed by atoms with Gasteiger partial charge in [0.1, 0.15) is 5.75 Å². The number of hydrogen-bond acceptors (Lipinski definition) is 4. The van der Waals surface area contributed by atoms with Crippen molar-refractivity contribution < 1.29 is 9.84 Å². The second-order valence-electron chi connectivity index (χ2n) is 2.73. The van der Waals surface area contributed by atoms with Crippen molar-refractivity contribution in [3.63, 3.8) is 0 Å². The first-order valence-electron chi connectivity index (χ1n) is 4.32. The van der Waals surface area contributed by atoms with Crippen LogP contribution in [0, 0.1) is 0 Å². The quantitative estimate of drug-likeness (QED) is 0.506. The SMILES string of the molecule is CCOc1ccc(N)c(C=CO)c1N. The van der Waals surface area contributed by atoms with Crippen molar-refractivity contribution in [3.8, 4) is 5.75 Å². The zero-order chi connectivity index (χ0) is 10.6. The molecule has 0 spiro atoms. The van der Waals surface area contributed by atoms with Crippen LogP contribution in [-0.4, -0.2) is 11.7 Å². The van der Waals surface area contributed by atoms with Gasteiger partial charge < -0.3 is 21.3 Å². The van der Waals surface area contributed by atoms with Gasteiger partial charge >= 0.3 is 0 Å². The van der Waals surface area contributed by atoms with E-state index in [0.717, 1.165) is 6.26 Å². The second kappa shape index (κ2) is 4.41. The van der Waals surface area contributed by atoms with Crippen LogP contribution in [0.4, 0.5) is 11.4 Å². The zero-order valence-electron chi connectivity index (χ0n) is 8.03. The van der Waals surface area contributed by atoms with Gasteiger partial charge in [-0.3, -0.25) is 0 Å². The van der Waals surface area contributed by atoms with Crippen LogP contribution in [0.15, 0.2) is 18.4 Å². The van der Waals surface area contributed by atoms with E-state index in [1.54, 1.807) is 12.1 Å². The molecule has 0 bridgehead atoms. The number of ether oxygens (including phenoxy) is 1. The fraction of sp³-hybridized carbons (Fsp3) is 0.200. The van der Waals surface area contributed by atoms with E-state index in [9.17, 15) is 0 Å². The average molecular weight is 194 g/mol. The number of aliphatic hydroxyl groups is 1. The number of anilines is 2. The summed E-state index contributed by atoms with van der Waals surface area (Å²) in [7, 11) is 0. The van der Waals surface area contributed by atoms with E-state index in [-0.39, 0.29) is 0 Å². The van der Waals surface area contributed by atoms with Gasteiger partial charge in [0.15, 0.2) is 0 Å². The van der Waals surface area contributed by atoms with Crippen LogP contribution < -0.4 is 16.2 Å². The lowest BCUT2D eigenvalue weighted by atomic mass is 10.1. The van der Waals surface area contributed by atoms with E-state index >= 15 is 0 Å². The van der Waals surface area contributed by atoms with Gasteiger partial charge in [0.05, 0.1) is 18.6 Å². The fourth-order valence-corrected chi connectivity index (χ4v) is 1.18. The Balaban J connectivity index is 3.18. The van der Waals surface area contributed by atoms with Crippen LogP contribution in [0.5, 0.6) is 5.75 Å². The van der Waals surface area contributed by atoms with Crippen molar-refractivity contribution >= 4 is 17.5 Å². The Morgan fingerprint density at radius 2 is 2.14 bits per heavy atom. The molecule has 0 aliphatic heterocycles. The third-order valence-electron chi connectivity index (χ3n) is 1.82. The molecule has 0 aliphatic rings. The highest BCUT2D eigenvalue weighted by Gasteiger charge is 2.06. The molecule has 0 aliphatic carbocycles. The molecule has 4 heteroatoms. The zero-order valence-corrected chi connectivity index (χ0v) is 8.03. The predicted molar refractivity (Wildman–Crippen MR) is 58.1 cm³/mol. The summed E-state index contributed by atoms with van der Waals surface area (Å²) in [5.41, 5.74) is 13.0. The summed E-state index contributed by atoms with van der Waals surface area (Å²) in [4.78, 5) is 0. The van der Waals surface area contributed by atoms with E-state index in [0.29, 0.717) is 29.3 Å². The van der Waals surface area contributed by atoms with Crippen molar-refractivity contribution in [2.45, 2.75) is 6.92 Å². The molecule has 76 valence electrons. The molecule has 0 saturated carbocycles. The van der Waals surface area contributed by atoms with Gasteiger partial charge in [-0.2, -0.15) is 0 Å². The van der Waals surface area contributed by atoms with Crippen LogP contribution in [0.1, 0.15) is 12.5 Å². The summed E-state index contributed by atoms with van der Waals surface area (Å²) in [6, 6.07) is 3.40. The lowest BCUT2D eigenvalue weighted by molar-refractivity contribution is 0.342. The van der Waals surface area contributed by atoms with Gasteiger partial charge in [0.2, 0.25) is 0 Å². The van der Waals surface area contributed by atoms with E-state index in [4.69, 9.17) is 21.3 Å². The van der Waals surface area contributed by atoms with Gasteiger partial charge in [-0.25, -0.2) is 0 Å². The lowest BCUT2D eigenvalue weighted by Crippen LogP contribution is -2.01. The van der Waals surface area contributed by atoms with Crippen molar-refractivity contribution in [2.24, 2.45) is 0 Å². The van der Waals surface area contributed by atoms with Gasteiger partial charge in [-0.05, 0) is 25.1 Å². The summed E-state index contributed by atoms with van der Waals surface area (Å²) in [6.07, 6.45) is 2.34. The maximum absolute atomic E-state index is 8.66. The molecule has 0 atom stereocenters.